The Labute approximate surface area is 244 Å². The van der Waals surface area contributed by atoms with Gasteiger partial charge in [0.25, 0.3) is 0 Å². The van der Waals surface area contributed by atoms with Gasteiger partial charge in [-0.15, -0.1) is 0 Å². The van der Waals surface area contributed by atoms with Crippen molar-refractivity contribution < 1.29 is 18.8 Å². The molecule has 2 heterocycles. The van der Waals surface area contributed by atoms with Crippen LogP contribution < -0.4 is 10.2 Å². The highest BCUT2D eigenvalue weighted by Gasteiger charge is 2.53. The zero-order valence-electron chi connectivity index (χ0n) is 24.8. The normalized spacial score (nSPS) is 19.7. The fourth-order valence-electron chi connectivity index (χ4n) is 5.61. The molecule has 2 aliphatic rings. The topological polar surface area (TPSA) is 36.9 Å². The van der Waals surface area contributed by atoms with Crippen LogP contribution in [0.5, 0.6) is 5.75 Å². The van der Waals surface area contributed by atoms with Gasteiger partial charge in [0.05, 0.1) is 17.8 Å². The number of hydrogen-bond donors (Lipinski definition) is 0. The van der Waals surface area contributed by atoms with Gasteiger partial charge in [-0.1, -0.05) is 72.3 Å². The molecule has 6 rings (SSSR count). The maximum absolute atomic E-state index is 6.78. The Kier molecular flexibility index (Phi) is 7.54. The highest BCUT2D eigenvalue weighted by atomic mass is 16.7. The van der Waals surface area contributed by atoms with Crippen LogP contribution in [0, 0.1) is 6.92 Å². The second kappa shape index (κ2) is 11.1. The molecule has 210 valence electrons. The second-order valence-electron chi connectivity index (χ2n) is 12.3. The van der Waals surface area contributed by atoms with Gasteiger partial charge < -0.3 is 18.8 Å². The molecule has 0 amide bonds. The summed E-state index contributed by atoms with van der Waals surface area (Å²) in [6, 6.07) is 32.2. The summed E-state index contributed by atoms with van der Waals surface area (Å²) < 4.78 is 26.0. The van der Waals surface area contributed by atoms with Gasteiger partial charge in [0.1, 0.15) is 5.75 Å². The molecule has 1 unspecified atom stereocenters. The van der Waals surface area contributed by atoms with E-state index in [9.17, 15) is 0 Å². The van der Waals surface area contributed by atoms with E-state index in [0.29, 0.717) is 6.61 Å². The molecule has 0 radical (unpaired) electrons. The van der Waals surface area contributed by atoms with Crippen molar-refractivity contribution in [3.05, 3.63) is 96.6 Å². The van der Waals surface area contributed by atoms with E-state index in [1.54, 1.807) is 0 Å². The molecule has 0 aliphatic carbocycles. The summed E-state index contributed by atoms with van der Waals surface area (Å²) in [6.45, 7) is 11.2. The van der Waals surface area contributed by atoms with Crippen LogP contribution in [0.1, 0.15) is 52.5 Å². The van der Waals surface area contributed by atoms with Crippen LogP contribution in [0.4, 0.5) is 0 Å². The molecule has 4 aromatic carbocycles. The lowest BCUT2D eigenvalue weighted by molar-refractivity contribution is -0.105. The van der Waals surface area contributed by atoms with E-state index in [1.165, 1.54) is 11.1 Å². The van der Waals surface area contributed by atoms with Gasteiger partial charge in [0, 0.05) is 17.4 Å². The van der Waals surface area contributed by atoms with Gasteiger partial charge in [0.15, 0.2) is 6.29 Å². The first-order valence-corrected chi connectivity index (χ1v) is 14.7. The Morgan fingerprint density at radius 2 is 1.24 bits per heavy atom. The summed E-state index contributed by atoms with van der Waals surface area (Å²) in [5, 5.41) is 0. The van der Waals surface area contributed by atoms with E-state index < -0.39 is 18.3 Å². The Hall–Kier alpha value is -3.38. The van der Waals surface area contributed by atoms with Gasteiger partial charge in [-0.3, -0.25) is 0 Å². The lowest BCUT2D eigenvalue weighted by Crippen LogP contribution is -2.41. The minimum absolute atomic E-state index is 0.308. The van der Waals surface area contributed by atoms with E-state index in [0.717, 1.165) is 58.3 Å². The summed E-state index contributed by atoms with van der Waals surface area (Å²) in [7, 11) is -0.553. The minimum Gasteiger partial charge on any atom is -0.465 e. The molecule has 2 fully saturated rings. The average molecular weight is 547 g/mol. The quantitative estimate of drug-likeness (QED) is 0.229. The third-order valence-electron chi connectivity index (χ3n) is 8.61. The Bertz CT molecular complexity index is 1430. The second-order valence-corrected chi connectivity index (χ2v) is 12.3. The molecule has 0 saturated carbocycles. The molecule has 0 aromatic heterocycles. The average Bonchev–Trinajstić information content (AvgIpc) is 3.21. The SMILES string of the molecule is Cc1cc(B2OC(C)(C)C(C)(C)O2)c(OC2CCCCO2)c(-c2cc(-c3ccccc3)cc(-c3ccccc3)c2)c1. The number of ether oxygens (including phenoxy) is 2. The molecule has 0 bridgehead atoms. The van der Waals surface area contributed by atoms with Gasteiger partial charge in [-0.05, 0) is 99.5 Å². The predicted molar refractivity (Wildman–Crippen MR) is 167 cm³/mol. The van der Waals surface area contributed by atoms with Crippen molar-refractivity contribution in [3.63, 3.8) is 0 Å². The van der Waals surface area contributed by atoms with Gasteiger partial charge in [-0.2, -0.15) is 0 Å². The molecular weight excluding hydrogens is 507 g/mol. The number of rotatable bonds is 6. The molecule has 5 heteroatoms. The molecule has 0 N–H and O–H groups in total. The molecule has 4 aromatic rings. The van der Waals surface area contributed by atoms with Gasteiger partial charge in [0.2, 0.25) is 0 Å². The van der Waals surface area contributed by atoms with Crippen LogP contribution >= 0.6 is 0 Å². The molecule has 4 nitrogen and oxygen atoms in total. The number of aryl methyl sites for hydroxylation is 1. The third-order valence-corrected chi connectivity index (χ3v) is 8.61. The van der Waals surface area contributed by atoms with E-state index >= 15 is 0 Å². The fraction of sp³-hybridized carbons (Fsp3) is 0.333. The molecule has 2 aliphatic heterocycles. The van der Waals surface area contributed by atoms with Crippen LogP contribution in [0.25, 0.3) is 33.4 Å². The van der Waals surface area contributed by atoms with E-state index in [1.807, 2.05) is 0 Å². The van der Waals surface area contributed by atoms with E-state index in [-0.39, 0.29) is 6.29 Å². The number of benzene rings is 4. The minimum atomic E-state index is -0.553. The Balaban J connectivity index is 1.55. The summed E-state index contributed by atoms with van der Waals surface area (Å²) in [5.74, 6) is 0.769. The van der Waals surface area contributed by atoms with Gasteiger partial charge in [-0.25, -0.2) is 0 Å². The van der Waals surface area contributed by atoms with Crippen molar-refractivity contribution in [3.8, 4) is 39.1 Å². The van der Waals surface area contributed by atoms with Crippen molar-refractivity contribution in [2.45, 2.75) is 71.4 Å². The van der Waals surface area contributed by atoms with Gasteiger partial charge >= 0.3 is 7.12 Å². The molecular formula is C36H39BO4. The predicted octanol–water partition coefficient (Wildman–Crippen LogP) is 8.20. The summed E-state index contributed by atoms with van der Waals surface area (Å²) >= 11 is 0. The first-order valence-electron chi connectivity index (χ1n) is 14.7. The molecule has 41 heavy (non-hydrogen) atoms. The van der Waals surface area contributed by atoms with E-state index in [4.69, 9.17) is 18.8 Å². The first kappa shape index (κ1) is 27.8. The van der Waals surface area contributed by atoms with Crippen LogP contribution in [0.2, 0.25) is 0 Å². The van der Waals surface area contributed by atoms with Crippen molar-refractivity contribution in [2.24, 2.45) is 0 Å². The fourth-order valence-corrected chi connectivity index (χ4v) is 5.61. The summed E-state index contributed by atoms with van der Waals surface area (Å²) in [5.41, 5.74) is 7.83. The maximum atomic E-state index is 6.78. The zero-order chi connectivity index (χ0) is 28.6. The largest absolute Gasteiger partial charge is 0.498 e. The van der Waals surface area contributed by atoms with E-state index in [2.05, 4.69) is 126 Å². The molecule has 2 saturated heterocycles. The lowest BCUT2D eigenvalue weighted by Gasteiger charge is -2.32. The third kappa shape index (κ3) is 5.72. The Morgan fingerprint density at radius 3 is 1.78 bits per heavy atom. The van der Waals surface area contributed by atoms with Crippen molar-refractivity contribution in [1.82, 2.24) is 0 Å². The van der Waals surface area contributed by atoms with Crippen molar-refractivity contribution in [2.75, 3.05) is 6.61 Å². The van der Waals surface area contributed by atoms with Crippen LogP contribution in [-0.2, 0) is 14.0 Å². The van der Waals surface area contributed by atoms with Crippen molar-refractivity contribution >= 4 is 12.6 Å². The summed E-state index contributed by atoms with van der Waals surface area (Å²) in [6.07, 6.45) is 2.69. The van der Waals surface area contributed by atoms with Crippen LogP contribution in [0.15, 0.2) is 91.0 Å². The maximum Gasteiger partial charge on any atom is 0.498 e. The first-order chi connectivity index (χ1) is 19.7. The lowest BCUT2D eigenvalue weighted by atomic mass is 9.75. The monoisotopic (exact) mass is 546 g/mol. The Morgan fingerprint density at radius 1 is 0.683 bits per heavy atom. The molecule has 1 atom stereocenters. The van der Waals surface area contributed by atoms with Crippen LogP contribution in [0.3, 0.4) is 0 Å². The zero-order valence-corrected chi connectivity index (χ0v) is 24.8. The standard InChI is InChI=1S/C36H39BO4/c1-25-20-31(30-23-28(26-14-8-6-9-15-26)22-29(24-30)27-16-10-7-11-17-27)34(39-33-18-12-13-19-38-33)32(21-25)37-40-35(2,3)36(4,5)41-37/h6-11,14-17,20-24,33H,12-13,18-19H2,1-5H3. The van der Waals surface area contributed by atoms with Crippen molar-refractivity contribution in [1.29, 1.82) is 0 Å². The number of hydrogen-bond acceptors (Lipinski definition) is 4. The summed E-state index contributed by atoms with van der Waals surface area (Å²) in [4.78, 5) is 0. The highest BCUT2D eigenvalue weighted by molar-refractivity contribution is 6.63. The highest BCUT2D eigenvalue weighted by Crippen LogP contribution is 2.41. The van der Waals surface area contributed by atoms with Crippen LogP contribution in [-0.4, -0.2) is 31.2 Å². The smallest absolute Gasteiger partial charge is 0.465 e. The molecule has 0 spiro atoms.